The maximum atomic E-state index is 12.1. The molecule has 0 aliphatic carbocycles. The van der Waals surface area contributed by atoms with Crippen molar-refractivity contribution in [2.75, 3.05) is 12.4 Å². The van der Waals surface area contributed by atoms with Crippen LogP contribution in [0.15, 0.2) is 24.3 Å². The minimum Gasteiger partial charge on any atom is -0.435 e. The molecule has 1 aliphatic rings. The van der Waals surface area contributed by atoms with E-state index in [9.17, 15) is 13.0 Å². The summed E-state index contributed by atoms with van der Waals surface area (Å²) in [6.07, 6.45) is 3.18. The maximum absolute atomic E-state index is 12.1. The van der Waals surface area contributed by atoms with Gasteiger partial charge in [0.05, 0.1) is 11.9 Å². The van der Waals surface area contributed by atoms with Crippen LogP contribution in [0.4, 0.5) is 8.78 Å². The van der Waals surface area contributed by atoms with Gasteiger partial charge in [0.25, 0.3) is 0 Å². The van der Waals surface area contributed by atoms with E-state index in [1.807, 2.05) is 0 Å². The van der Waals surface area contributed by atoms with Crippen molar-refractivity contribution in [1.82, 2.24) is 0 Å². The molecule has 2 unspecified atom stereocenters. The van der Waals surface area contributed by atoms with E-state index in [1.165, 1.54) is 12.1 Å². The summed E-state index contributed by atoms with van der Waals surface area (Å²) in [6.45, 7) is -2.11. The highest BCUT2D eigenvalue weighted by Gasteiger charge is 2.17. The number of halogens is 2. The molecule has 2 rings (SSSR count). The Hall–Kier alpha value is -1.01. The van der Waals surface area contributed by atoms with Gasteiger partial charge in [-0.3, -0.25) is 4.21 Å². The summed E-state index contributed by atoms with van der Waals surface area (Å²) in [4.78, 5) is 0. The fraction of sp³-hybridized carbons (Fsp3) is 0.571. The predicted octanol–water partition coefficient (Wildman–Crippen LogP) is 3.11. The van der Waals surface area contributed by atoms with Gasteiger partial charge in [0.15, 0.2) is 0 Å². The van der Waals surface area contributed by atoms with Crippen molar-refractivity contribution in [2.24, 2.45) is 0 Å². The third kappa shape index (κ3) is 5.17. The zero-order chi connectivity index (χ0) is 14.4. The Bertz CT molecular complexity index is 448. The summed E-state index contributed by atoms with van der Waals surface area (Å²) in [5, 5.41) is 0. The van der Waals surface area contributed by atoms with Gasteiger partial charge in [0, 0.05) is 23.2 Å². The molecule has 1 saturated heterocycles. The lowest BCUT2D eigenvalue weighted by Crippen LogP contribution is -2.25. The Kier molecular flexibility index (Phi) is 5.91. The third-order valence-corrected chi connectivity index (χ3v) is 4.50. The van der Waals surface area contributed by atoms with Gasteiger partial charge in [-0.1, -0.05) is 12.1 Å². The van der Waals surface area contributed by atoms with Gasteiger partial charge in [-0.2, -0.15) is 8.78 Å². The fourth-order valence-electron chi connectivity index (χ4n) is 2.20. The summed E-state index contributed by atoms with van der Waals surface area (Å²) in [6, 6.07) is 6.36. The summed E-state index contributed by atoms with van der Waals surface area (Å²) >= 11 is 0. The second-order valence-electron chi connectivity index (χ2n) is 4.77. The van der Waals surface area contributed by atoms with Crippen molar-refractivity contribution in [3.63, 3.8) is 0 Å². The van der Waals surface area contributed by atoms with Crippen LogP contribution in [0.5, 0.6) is 5.75 Å². The molecule has 20 heavy (non-hydrogen) atoms. The molecule has 0 radical (unpaired) electrons. The second-order valence-corrected chi connectivity index (χ2v) is 6.27. The molecule has 0 amide bonds. The molecule has 3 nitrogen and oxygen atoms in total. The van der Waals surface area contributed by atoms with E-state index in [-0.39, 0.29) is 11.9 Å². The Balaban J connectivity index is 1.86. The number of hydrogen-bond acceptors (Lipinski definition) is 3. The fourth-order valence-corrected chi connectivity index (χ4v) is 3.55. The molecule has 0 N–H and O–H groups in total. The standard InChI is InChI=1S/C14H18F2O3S/c15-14(16)19-12-6-3-4-11(8-12)9-20(17)10-13-5-1-2-7-18-13/h3-4,6,8,13-14H,1-2,5,7,9-10H2. The largest absolute Gasteiger partial charge is 0.435 e. The van der Waals surface area contributed by atoms with Gasteiger partial charge in [-0.25, -0.2) is 0 Å². The van der Waals surface area contributed by atoms with Gasteiger partial charge >= 0.3 is 6.61 Å². The lowest BCUT2D eigenvalue weighted by atomic mass is 10.1. The molecule has 6 heteroatoms. The van der Waals surface area contributed by atoms with Crippen LogP contribution in [-0.4, -0.2) is 29.3 Å². The van der Waals surface area contributed by atoms with E-state index in [1.54, 1.807) is 12.1 Å². The molecular weight excluding hydrogens is 286 g/mol. The lowest BCUT2D eigenvalue weighted by molar-refractivity contribution is -0.0498. The topological polar surface area (TPSA) is 35.5 Å². The van der Waals surface area contributed by atoms with E-state index >= 15 is 0 Å². The van der Waals surface area contributed by atoms with Gasteiger partial charge in [-0.05, 0) is 37.0 Å². The Morgan fingerprint density at radius 3 is 2.95 bits per heavy atom. The van der Waals surface area contributed by atoms with Crippen molar-refractivity contribution in [2.45, 2.75) is 37.7 Å². The monoisotopic (exact) mass is 304 g/mol. The first-order chi connectivity index (χ1) is 9.63. The summed E-state index contributed by atoms with van der Waals surface area (Å²) in [7, 11) is -1.06. The van der Waals surface area contributed by atoms with Crippen molar-refractivity contribution < 1.29 is 22.5 Å². The molecule has 0 bridgehead atoms. The first-order valence-corrected chi connectivity index (χ1v) is 8.12. The highest BCUT2D eigenvalue weighted by atomic mass is 32.2. The minimum absolute atomic E-state index is 0.0603. The average molecular weight is 304 g/mol. The lowest BCUT2D eigenvalue weighted by Gasteiger charge is -2.22. The van der Waals surface area contributed by atoms with Crippen LogP contribution in [0.1, 0.15) is 24.8 Å². The molecule has 1 fully saturated rings. The number of hydrogen-bond donors (Lipinski definition) is 0. The van der Waals surface area contributed by atoms with E-state index in [2.05, 4.69) is 4.74 Å². The van der Waals surface area contributed by atoms with Crippen LogP contribution in [0.2, 0.25) is 0 Å². The second kappa shape index (κ2) is 7.69. The molecule has 2 atom stereocenters. The van der Waals surface area contributed by atoms with Crippen molar-refractivity contribution in [3.8, 4) is 5.75 Å². The van der Waals surface area contributed by atoms with E-state index in [0.29, 0.717) is 11.5 Å². The summed E-state index contributed by atoms with van der Waals surface area (Å²) in [5.41, 5.74) is 0.734. The zero-order valence-corrected chi connectivity index (χ0v) is 11.9. The number of rotatable bonds is 6. The molecule has 0 aromatic heterocycles. The van der Waals surface area contributed by atoms with Crippen molar-refractivity contribution in [1.29, 1.82) is 0 Å². The van der Waals surface area contributed by atoms with Gasteiger partial charge < -0.3 is 9.47 Å². The van der Waals surface area contributed by atoms with E-state index < -0.39 is 17.4 Å². The quantitative estimate of drug-likeness (QED) is 0.810. The average Bonchev–Trinajstić information content (AvgIpc) is 2.39. The highest BCUT2D eigenvalue weighted by molar-refractivity contribution is 7.84. The van der Waals surface area contributed by atoms with Crippen LogP contribution in [0, 0.1) is 0 Å². The van der Waals surface area contributed by atoms with Gasteiger partial charge in [0.1, 0.15) is 5.75 Å². The number of benzene rings is 1. The SMILES string of the molecule is O=S(Cc1cccc(OC(F)F)c1)CC1CCCCO1. The first-order valence-electron chi connectivity index (χ1n) is 6.64. The molecule has 1 aliphatic heterocycles. The van der Waals surface area contributed by atoms with Crippen LogP contribution < -0.4 is 4.74 Å². The number of alkyl halides is 2. The normalized spacial score (nSPS) is 20.9. The highest BCUT2D eigenvalue weighted by Crippen LogP contribution is 2.18. The molecule has 1 heterocycles. The Morgan fingerprint density at radius 2 is 2.25 bits per heavy atom. The van der Waals surface area contributed by atoms with Crippen molar-refractivity contribution in [3.05, 3.63) is 29.8 Å². The van der Waals surface area contributed by atoms with Gasteiger partial charge in [-0.15, -0.1) is 0 Å². The molecule has 0 saturated carbocycles. The molecular formula is C14H18F2O3S. The summed E-state index contributed by atoms with van der Waals surface area (Å²) in [5.74, 6) is 0.934. The van der Waals surface area contributed by atoms with Crippen LogP contribution >= 0.6 is 0 Å². The smallest absolute Gasteiger partial charge is 0.387 e. The molecule has 1 aromatic rings. The minimum atomic E-state index is -2.84. The van der Waals surface area contributed by atoms with Crippen molar-refractivity contribution >= 4 is 10.8 Å². The Labute approximate surface area is 119 Å². The van der Waals surface area contributed by atoms with E-state index in [4.69, 9.17) is 4.74 Å². The Morgan fingerprint density at radius 1 is 1.40 bits per heavy atom. The van der Waals surface area contributed by atoms with E-state index in [0.717, 1.165) is 31.4 Å². The van der Waals surface area contributed by atoms with Crippen LogP contribution in [0.25, 0.3) is 0 Å². The summed E-state index contributed by atoms with van der Waals surface area (Å²) < 4.78 is 46.2. The molecule has 0 spiro atoms. The maximum Gasteiger partial charge on any atom is 0.387 e. The third-order valence-electron chi connectivity index (χ3n) is 3.10. The molecule has 112 valence electrons. The van der Waals surface area contributed by atoms with Gasteiger partial charge in [0.2, 0.25) is 0 Å². The number of ether oxygens (including phenoxy) is 2. The van der Waals surface area contributed by atoms with Crippen LogP contribution in [0.3, 0.4) is 0 Å². The molecule has 1 aromatic carbocycles. The predicted molar refractivity (Wildman–Crippen MR) is 73.4 cm³/mol. The van der Waals surface area contributed by atoms with Crippen LogP contribution in [-0.2, 0) is 21.3 Å². The zero-order valence-electron chi connectivity index (χ0n) is 11.1. The first kappa shape index (κ1) is 15.4.